The van der Waals surface area contributed by atoms with Crippen LogP contribution in [0.5, 0.6) is 0 Å². The van der Waals surface area contributed by atoms with E-state index in [9.17, 15) is 16.8 Å². The zero-order valence-electron chi connectivity index (χ0n) is 13.9. The van der Waals surface area contributed by atoms with Crippen molar-refractivity contribution in [1.29, 1.82) is 0 Å². The Labute approximate surface area is 161 Å². The van der Waals surface area contributed by atoms with Crippen LogP contribution >= 0.6 is 11.6 Å². The van der Waals surface area contributed by atoms with Crippen molar-refractivity contribution in [1.82, 2.24) is 9.71 Å². The van der Waals surface area contributed by atoms with E-state index in [-0.39, 0.29) is 21.4 Å². The maximum atomic E-state index is 12.4. The highest BCUT2D eigenvalue weighted by atomic mass is 35.5. The molecule has 0 aliphatic carbocycles. The topological polar surface area (TPSA) is 132 Å². The third kappa shape index (κ3) is 3.45. The molecule has 27 heavy (non-hydrogen) atoms. The van der Waals surface area contributed by atoms with Gasteiger partial charge in [0.15, 0.2) is 9.84 Å². The third-order valence-corrected chi connectivity index (χ3v) is 8.05. The van der Waals surface area contributed by atoms with Crippen LogP contribution < -0.4 is 10.5 Å². The molecule has 0 saturated carbocycles. The molecule has 2 aromatic rings. The number of nitrogens with one attached hydrogen (secondary N) is 1. The van der Waals surface area contributed by atoms with E-state index in [1.165, 1.54) is 12.1 Å². The number of benzene rings is 1. The molecule has 1 aromatic carbocycles. The lowest BCUT2D eigenvalue weighted by molar-refractivity contribution is 0.536. The van der Waals surface area contributed by atoms with Gasteiger partial charge < -0.3 is 5.73 Å². The van der Waals surface area contributed by atoms with Crippen molar-refractivity contribution in [2.45, 2.75) is 17.5 Å². The minimum Gasteiger partial charge on any atom is -0.382 e. The van der Waals surface area contributed by atoms with Crippen LogP contribution in [0.2, 0.25) is 5.02 Å². The molecular weight excluding hydrogens is 412 g/mol. The molecular formula is C16H15ClN4O4S2. The van der Waals surface area contributed by atoms with Crippen molar-refractivity contribution in [3.05, 3.63) is 46.6 Å². The van der Waals surface area contributed by atoms with Gasteiger partial charge in [0, 0.05) is 17.2 Å². The predicted molar refractivity (Wildman–Crippen MR) is 102 cm³/mol. The lowest BCUT2D eigenvalue weighted by Gasteiger charge is -2.26. The molecule has 0 bridgehead atoms. The fraction of sp³-hybridized carbons (Fsp3) is 0.250. The summed E-state index contributed by atoms with van der Waals surface area (Å²) in [6.07, 6.45) is 0. The van der Waals surface area contributed by atoms with Gasteiger partial charge in [0.2, 0.25) is 10.0 Å². The Balaban J connectivity index is 1.62. The molecule has 4 rings (SSSR count). The van der Waals surface area contributed by atoms with Gasteiger partial charge in [-0.3, -0.25) is 4.99 Å². The fourth-order valence-electron chi connectivity index (χ4n) is 3.02. The standard InChI is InChI=1S/C16H15ClN4O4S2/c17-13-5-11(27(24,25)21-10-7-26(22,23)8-10)2-3-12(13)14-4-1-9-6-19-16(18)15(9)20-14/h1-5,10,21H,6-8H2,(H2,18,19). The van der Waals surface area contributed by atoms with E-state index in [0.717, 1.165) is 5.56 Å². The summed E-state index contributed by atoms with van der Waals surface area (Å²) in [7, 11) is -7.00. The molecule has 0 unspecified atom stereocenters. The number of aromatic nitrogens is 1. The molecule has 0 amide bonds. The molecule has 0 radical (unpaired) electrons. The third-order valence-electron chi connectivity index (χ3n) is 4.40. The first-order valence-corrected chi connectivity index (χ1v) is 11.7. The van der Waals surface area contributed by atoms with Crippen LogP contribution in [0.15, 0.2) is 40.2 Å². The number of rotatable bonds is 4. The van der Waals surface area contributed by atoms with Crippen molar-refractivity contribution >= 4 is 37.3 Å². The molecule has 2 aliphatic rings. The van der Waals surface area contributed by atoms with Gasteiger partial charge in [-0.25, -0.2) is 26.5 Å². The van der Waals surface area contributed by atoms with Gasteiger partial charge in [0.05, 0.1) is 33.7 Å². The predicted octanol–water partition coefficient (Wildman–Crippen LogP) is 0.696. The first-order chi connectivity index (χ1) is 12.6. The molecule has 3 heterocycles. The van der Waals surface area contributed by atoms with E-state index >= 15 is 0 Å². The van der Waals surface area contributed by atoms with Crippen molar-refractivity contribution in [3.8, 4) is 11.3 Å². The summed E-state index contributed by atoms with van der Waals surface area (Å²) in [5.74, 6) is -0.0260. The minimum absolute atomic E-state index is 0.0391. The SMILES string of the molecule is NC1=NCc2ccc(-c3ccc(S(=O)(=O)NC4CS(=O)(=O)C4)cc3Cl)nc21. The van der Waals surface area contributed by atoms with Gasteiger partial charge in [-0.1, -0.05) is 17.7 Å². The van der Waals surface area contributed by atoms with E-state index in [0.29, 0.717) is 29.3 Å². The highest BCUT2D eigenvalue weighted by molar-refractivity contribution is 7.93. The maximum absolute atomic E-state index is 12.4. The Hall–Kier alpha value is -2.01. The average Bonchev–Trinajstić information content (AvgIpc) is 2.93. The average molecular weight is 427 g/mol. The molecule has 1 aromatic heterocycles. The van der Waals surface area contributed by atoms with Crippen LogP contribution in [0.4, 0.5) is 0 Å². The van der Waals surface area contributed by atoms with E-state index in [1.807, 2.05) is 6.07 Å². The van der Waals surface area contributed by atoms with Gasteiger partial charge in [0.1, 0.15) is 11.5 Å². The van der Waals surface area contributed by atoms with Gasteiger partial charge in [-0.15, -0.1) is 0 Å². The Morgan fingerprint density at radius 2 is 1.93 bits per heavy atom. The molecule has 11 heteroatoms. The van der Waals surface area contributed by atoms with E-state index < -0.39 is 25.9 Å². The van der Waals surface area contributed by atoms with Crippen LogP contribution in [-0.4, -0.2) is 45.2 Å². The van der Waals surface area contributed by atoms with Crippen molar-refractivity contribution in [2.24, 2.45) is 10.7 Å². The molecule has 1 saturated heterocycles. The van der Waals surface area contributed by atoms with E-state index in [4.69, 9.17) is 17.3 Å². The van der Waals surface area contributed by atoms with E-state index in [2.05, 4.69) is 14.7 Å². The maximum Gasteiger partial charge on any atom is 0.240 e. The van der Waals surface area contributed by atoms with Crippen LogP contribution in [0.25, 0.3) is 11.3 Å². The summed E-state index contributed by atoms with van der Waals surface area (Å²) in [6.45, 7) is 0.488. The monoisotopic (exact) mass is 426 g/mol. The van der Waals surface area contributed by atoms with Gasteiger partial charge in [-0.05, 0) is 24.3 Å². The number of nitrogens with zero attached hydrogens (tertiary/aromatic N) is 2. The number of pyridine rings is 1. The summed E-state index contributed by atoms with van der Waals surface area (Å²) >= 11 is 6.30. The number of sulfone groups is 1. The number of aliphatic imine (C=N–C) groups is 1. The van der Waals surface area contributed by atoms with Crippen molar-refractivity contribution < 1.29 is 16.8 Å². The number of halogens is 1. The number of amidine groups is 1. The fourth-order valence-corrected chi connectivity index (χ4v) is 6.13. The van der Waals surface area contributed by atoms with Gasteiger partial charge in [-0.2, -0.15) is 0 Å². The van der Waals surface area contributed by atoms with Gasteiger partial charge >= 0.3 is 0 Å². The summed E-state index contributed by atoms with van der Waals surface area (Å²) in [6, 6.07) is 7.31. The van der Waals surface area contributed by atoms with Gasteiger partial charge in [0.25, 0.3) is 0 Å². The highest BCUT2D eigenvalue weighted by Crippen LogP contribution is 2.30. The molecule has 142 valence electrons. The molecule has 0 spiro atoms. The summed E-state index contributed by atoms with van der Waals surface area (Å²) in [5.41, 5.74) is 8.46. The smallest absolute Gasteiger partial charge is 0.240 e. The molecule has 1 fully saturated rings. The van der Waals surface area contributed by atoms with Crippen LogP contribution in [-0.2, 0) is 26.4 Å². The Morgan fingerprint density at radius 1 is 1.19 bits per heavy atom. The largest absolute Gasteiger partial charge is 0.382 e. The Morgan fingerprint density at radius 3 is 2.59 bits per heavy atom. The summed E-state index contributed by atoms with van der Waals surface area (Å²) in [5, 5.41) is 0.208. The first kappa shape index (κ1) is 18.4. The van der Waals surface area contributed by atoms with Crippen molar-refractivity contribution in [3.63, 3.8) is 0 Å². The number of hydrogen-bond acceptors (Lipinski definition) is 7. The second-order valence-corrected chi connectivity index (χ2v) is 10.7. The molecule has 0 atom stereocenters. The second kappa shape index (κ2) is 6.26. The number of sulfonamides is 1. The van der Waals surface area contributed by atoms with Crippen LogP contribution in [0.1, 0.15) is 11.3 Å². The van der Waals surface area contributed by atoms with E-state index in [1.54, 1.807) is 12.1 Å². The second-order valence-electron chi connectivity index (χ2n) is 6.44. The summed E-state index contributed by atoms with van der Waals surface area (Å²) in [4.78, 5) is 8.56. The Kier molecular flexibility index (Phi) is 4.26. The minimum atomic E-state index is -3.87. The molecule has 8 nitrogen and oxygen atoms in total. The van der Waals surface area contributed by atoms with Crippen LogP contribution in [0, 0.1) is 0 Å². The number of nitrogens with two attached hydrogens (primary N) is 1. The zero-order chi connectivity index (χ0) is 19.4. The molecule has 2 aliphatic heterocycles. The lowest BCUT2D eigenvalue weighted by Crippen LogP contribution is -2.52. The first-order valence-electron chi connectivity index (χ1n) is 7.97. The lowest BCUT2D eigenvalue weighted by atomic mass is 10.1. The van der Waals surface area contributed by atoms with Crippen LogP contribution in [0.3, 0.4) is 0 Å². The normalized spacial score (nSPS) is 18.6. The quantitative estimate of drug-likeness (QED) is 0.739. The zero-order valence-corrected chi connectivity index (χ0v) is 16.3. The summed E-state index contributed by atoms with van der Waals surface area (Å²) < 4.78 is 49.6. The number of hydrogen-bond donors (Lipinski definition) is 2. The number of fused-ring (bicyclic) bond motifs is 1. The highest BCUT2D eigenvalue weighted by Gasteiger charge is 2.36. The van der Waals surface area contributed by atoms with Crippen molar-refractivity contribution in [2.75, 3.05) is 11.5 Å². The Bertz CT molecular complexity index is 1180. The molecule has 3 N–H and O–H groups in total.